The van der Waals surface area contributed by atoms with E-state index in [2.05, 4.69) is 11.9 Å². The minimum Gasteiger partial charge on any atom is -0.477 e. The first-order chi connectivity index (χ1) is 8.74. The lowest BCUT2D eigenvalue weighted by atomic mass is 10.3. The van der Waals surface area contributed by atoms with Crippen molar-refractivity contribution < 1.29 is 19.4 Å². The van der Waals surface area contributed by atoms with E-state index in [-0.39, 0.29) is 5.69 Å². The smallest absolute Gasteiger partial charge is 0.354 e. The van der Waals surface area contributed by atoms with Gasteiger partial charge in [-0.1, -0.05) is 19.4 Å². The van der Waals surface area contributed by atoms with Gasteiger partial charge in [0.1, 0.15) is 5.69 Å². The van der Waals surface area contributed by atoms with Gasteiger partial charge < -0.3 is 14.6 Å². The standard InChI is InChI=1S/C13H19NO4/c1-2-3-7-17-8-9-18-10-11-5-4-6-12(14-11)13(15)16/h4-6H,2-3,7-10H2,1H3,(H,15,16). The first-order valence-corrected chi connectivity index (χ1v) is 6.08. The summed E-state index contributed by atoms with van der Waals surface area (Å²) in [6.45, 7) is 4.22. The molecule has 0 radical (unpaired) electrons. The molecule has 0 atom stereocenters. The van der Waals surface area contributed by atoms with Gasteiger partial charge in [-0.15, -0.1) is 0 Å². The predicted octanol–water partition coefficient (Wildman–Crippen LogP) is 2.11. The second-order valence-electron chi connectivity index (χ2n) is 3.84. The van der Waals surface area contributed by atoms with Crippen molar-refractivity contribution in [1.82, 2.24) is 4.98 Å². The molecule has 0 saturated heterocycles. The van der Waals surface area contributed by atoms with Crippen LogP contribution in [0, 0.1) is 0 Å². The third-order valence-electron chi connectivity index (χ3n) is 2.29. The molecule has 1 aromatic rings. The molecule has 18 heavy (non-hydrogen) atoms. The fraction of sp³-hybridized carbons (Fsp3) is 0.538. The molecule has 0 spiro atoms. The van der Waals surface area contributed by atoms with Crippen molar-refractivity contribution >= 4 is 5.97 Å². The predicted molar refractivity (Wildman–Crippen MR) is 66.6 cm³/mol. The monoisotopic (exact) mass is 253 g/mol. The number of carboxylic acids is 1. The van der Waals surface area contributed by atoms with E-state index in [4.69, 9.17) is 14.6 Å². The van der Waals surface area contributed by atoms with E-state index in [1.165, 1.54) is 6.07 Å². The quantitative estimate of drug-likeness (QED) is 0.683. The Morgan fingerprint density at radius 2 is 2.06 bits per heavy atom. The van der Waals surface area contributed by atoms with E-state index in [1.807, 2.05) is 0 Å². The zero-order valence-electron chi connectivity index (χ0n) is 10.6. The number of nitrogens with zero attached hydrogens (tertiary/aromatic N) is 1. The molecule has 0 fully saturated rings. The van der Waals surface area contributed by atoms with Gasteiger partial charge in [-0.05, 0) is 18.6 Å². The van der Waals surface area contributed by atoms with E-state index in [1.54, 1.807) is 12.1 Å². The maximum atomic E-state index is 10.7. The number of carboxylic acid groups (broad SMARTS) is 1. The lowest BCUT2D eigenvalue weighted by Crippen LogP contribution is -2.07. The number of carbonyl (C=O) groups is 1. The second-order valence-corrected chi connectivity index (χ2v) is 3.84. The summed E-state index contributed by atoms with van der Waals surface area (Å²) in [5.74, 6) is -1.03. The summed E-state index contributed by atoms with van der Waals surface area (Å²) < 4.78 is 10.7. The van der Waals surface area contributed by atoms with Crippen molar-refractivity contribution in [3.05, 3.63) is 29.6 Å². The van der Waals surface area contributed by atoms with Crippen LogP contribution in [0.2, 0.25) is 0 Å². The van der Waals surface area contributed by atoms with Crippen molar-refractivity contribution in [2.24, 2.45) is 0 Å². The van der Waals surface area contributed by atoms with Gasteiger partial charge >= 0.3 is 5.97 Å². The molecule has 0 amide bonds. The molecule has 0 aliphatic carbocycles. The minimum absolute atomic E-state index is 0.0373. The van der Waals surface area contributed by atoms with Gasteiger partial charge in [0.05, 0.1) is 25.5 Å². The summed E-state index contributed by atoms with van der Waals surface area (Å²) in [5.41, 5.74) is 0.652. The van der Waals surface area contributed by atoms with Gasteiger partial charge in [0, 0.05) is 6.61 Å². The molecule has 5 nitrogen and oxygen atoms in total. The van der Waals surface area contributed by atoms with Crippen molar-refractivity contribution in [2.45, 2.75) is 26.4 Å². The van der Waals surface area contributed by atoms with Gasteiger partial charge in [0.25, 0.3) is 0 Å². The summed E-state index contributed by atoms with van der Waals surface area (Å²) in [7, 11) is 0. The van der Waals surface area contributed by atoms with Crippen LogP contribution in [0.4, 0.5) is 0 Å². The highest BCUT2D eigenvalue weighted by molar-refractivity contribution is 5.85. The van der Waals surface area contributed by atoms with Crippen LogP contribution in [0.25, 0.3) is 0 Å². The molecule has 0 aliphatic rings. The van der Waals surface area contributed by atoms with Crippen LogP contribution in [0.1, 0.15) is 35.9 Å². The maximum absolute atomic E-state index is 10.7. The number of hydrogen-bond donors (Lipinski definition) is 1. The first kappa shape index (κ1) is 14.6. The van der Waals surface area contributed by atoms with Crippen molar-refractivity contribution in [3.8, 4) is 0 Å². The molecule has 1 heterocycles. The van der Waals surface area contributed by atoms with E-state index in [0.29, 0.717) is 25.5 Å². The fourth-order valence-corrected chi connectivity index (χ4v) is 1.32. The summed E-state index contributed by atoms with van der Waals surface area (Å²) in [5, 5.41) is 8.78. The van der Waals surface area contributed by atoms with Crippen LogP contribution in [0.15, 0.2) is 18.2 Å². The highest BCUT2D eigenvalue weighted by Gasteiger charge is 2.04. The van der Waals surface area contributed by atoms with Crippen LogP contribution >= 0.6 is 0 Å². The van der Waals surface area contributed by atoms with Crippen molar-refractivity contribution in [3.63, 3.8) is 0 Å². The zero-order valence-corrected chi connectivity index (χ0v) is 10.6. The van der Waals surface area contributed by atoms with E-state index in [0.717, 1.165) is 19.4 Å². The van der Waals surface area contributed by atoms with Crippen molar-refractivity contribution in [2.75, 3.05) is 19.8 Å². The third kappa shape index (κ3) is 5.75. The Hall–Kier alpha value is -1.46. The molecule has 0 unspecified atom stereocenters. The summed E-state index contributed by atoms with van der Waals surface area (Å²) in [6, 6.07) is 4.86. The molecular formula is C13H19NO4. The van der Waals surface area contributed by atoms with Crippen LogP contribution in [-0.4, -0.2) is 35.9 Å². The second kappa shape index (κ2) is 8.60. The number of aromatic nitrogens is 1. The van der Waals surface area contributed by atoms with Crippen LogP contribution < -0.4 is 0 Å². The van der Waals surface area contributed by atoms with E-state index in [9.17, 15) is 4.79 Å². The van der Waals surface area contributed by atoms with Gasteiger partial charge in [0.2, 0.25) is 0 Å². The molecule has 1 N–H and O–H groups in total. The van der Waals surface area contributed by atoms with Gasteiger partial charge in [-0.3, -0.25) is 0 Å². The number of ether oxygens (including phenoxy) is 2. The topological polar surface area (TPSA) is 68.7 Å². The molecule has 5 heteroatoms. The minimum atomic E-state index is -1.03. The molecule has 0 saturated carbocycles. The van der Waals surface area contributed by atoms with Gasteiger partial charge in [-0.25, -0.2) is 9.78 Å². The molecule has 0 aliphatic heterocycles. The SMILES string of the molecule is CCCCOCCOCc1cccc(C(=O)O)n1. The summed E-state index contributed by atoms with van der Waals surface area (Å²) in [4.78, 5) is 14.7. The molecular weight excluding hydrogens is 234 g/mol. The molecule has 1 aromatic heterocycles. The number of aromatic carboxylic acids is 1. The lowest BCUT2D eigenvalue weighted by Gasteiger charge is -2.05. The zero-order chi connectivity index (χ0) is 13.2. The Labute approximate surface area is 107 Å². The Morgan fingerprint density at radius 3 is 2.78 bits per heavy atom. The Balaban J connectivity index is 2.19. The average molecular weight is 253 g/mol. The highest BCUT2D eigenvalue weighted by atomic mass is 16.5. The first-order valence-electron chi connectivity index (χ1n) is 6.08. The lowest BCUT2D eigenvalue weighted by molar-refractivity contribution is 0.0384. The largest absolute Gasteiger partial charge is 0.477 e. The van der Waals surface area contributed by atoms with E-state index < -0.39 is 5.97 Å². The Bertz CT molecular complexity index is 368. The molecule has 1 rings (SSSR count). The number of rotatable bonds is 9. The highest BCUT2D eigenvalue weighted by Crippen LogP contribution is 2.01. The number of hydrogen-bond acceptors (Lipinski definition) is 4. The summed E-state index contributed by atoms with van der Waals surface area (Å²) in [6.07, 6.45) is 2.18. The van der Waals surface area contributed by atoms with Crippen LogP contribution in [-0.2, 0) is 16.1 Å². The van der Waals surface area contributed by atoms with E-state index >= 15 is 0 Å². The normalized spacial score (nSPS) is 10.5. The van der Waals surface area contributed by atoms with Gasteiger partial charge in [0.15, 0.2) is 0 Å². The number of pyridine rings is 1. The average Bonchev–Trinajstić information content (AvgIpc) is 2.38. The van der Waals surface area contributed by atoms with Crippen molar-refractivity contribution in [1.29, 1.82) is 0 Å². The molecule has 100 valence electrons. The van der Waals surface area contributed by atoms with Crippen LogP contribution in [0.3, 0.4) is 0 Å². The molecule has 0 bridgehead atoms. The fourth-order valence-electron chi connectivity index (χ4n) is 1.32. The maximum Gasteiger partial charge on any atom is 0.354 e. The third-order valence-corrected chi connectivity index (χ3v) is 2.29. The van der Waals surface area contributed by atoms with Gasteiger partial charge in [-0.2, -0.15) is 0 Å². The number of unbranched alkanes of at least 4 members (excludes halogenated alkanes) is 1. The Kier molecular flexibility index (Phi) is 6.98. The van der Waals surface area contributed by atoms with Crippen LogP contribution in [0.5, 0.6) is 0 Å². The summed E-state index contributed by atoms with van der Waals surface area (Å²) >= 11 is 0. The Morgan fingerprint density at radius 1 is 1.28 bits per heavy atom. The molecule has 0 aromatic carbocycles.